The zero-order valence-corrected chi connectivity index (χ0v) is 43.6. The second-order valence-corrected chi connectivity index (χ2v) is 23.4. The molecule has 2 aliphatic heterocycles. The Bertz CT molecular complexity index is 3140. The van der Waals surface area contributed by atoms with Crippen LogP contribution in [0.25, 0.3) is 33.4 Å². The fourth-order valence-corrected chi connectivity index (χ4v) is 16.2. The fourth-order valence-electron chi connectivity index (χ4n) is 16.2. The summed E-state index contributed by atoms with van der Waals surface area (Å²) in [5.74, 6) is 2.57. The van der Waals surface area contributed by atoms with Crippen molar-refractivity contribution in [3.8, 4) is 33.4 Å². The van der Waals surface area contributed by atoms with Crippen LogP contribution >= 0.6 is 0 Å². The van der Waals surface area contributed by atoms with Gasteiger partial charge >= 0.3 is 0 Å². The summed E-state index contributed by atoms with van der Waals surface area (Å²) in [5.41, 5.74) is 24.3. The van der Waals surface area contributed by atoms with E-state index < -0.39 is 5.66 Å². The third-order valence-electron chi connectivity index (χ3n) is 19.5. The van der Waals surface area contributed by atoms with E-state index in [9.17, 15) is 0 Å². The lowest BCUT2D eigenvalue weighted by Crippen LogP contribution is -2.59. The molecule has 4 fully saturated rings. The molecule has 2 heterocycles. The van der Waals surface area contributed by atoms with Gasteiger partial charge in [0, 0.05) is 22.5 Å². The van der Waals surface area contributed by atoms with Crippen molar-refractivity contribution in [3.05, 3.63) is 215 Å². The Balaban J connectivity index is 0.874. The van der Waals surface area contributed by atoms with Crippen LogP contribution in [0.1, 0.15) is 160 Å². The van der Waals surface area contributed by atoms with Gasteiger partial charge in [0.2, 0.25) is 0 Å². The summed E-state index contributed by atoms with van der Waals surface area (Å²) >= 11 is 0. The van der Waals surface area contributed by atoms with Crippen molar-refractivity contribution in [3.63, 3.8) is 0 Å². The Morgan fingerprint density at radius 3 is 1.00 bits per heavy atom. The zero-order valence-electron chi connectivity index (χ0n) is 43.6. The Morgan fingerprint density at radius 2 is 0.627 bits per heavy atom. The number of para-hydroxylation sites is 4. The van der Waals surface area contributed by atoms with Crippen LogP contribution in [0.2, 0.25) is 0 Å². The Kier molecular flexibility index (Phi) is 11.3. The summed E-state index contributed by atoms with van der Waals surface area (Å²) in [4.78, 5) is 10.8. The highest BCUT2D eigenvalue weighted by Gasteiger charge is 2.57. The molecule has 0 N–H and O–H groups in total. The molecule has 75 heavy (non-hydrogen) atoms. The Morgan fingerprint density at radius 1 is 0.307 bits per heavy atom. The second-order valence-electron chi connectivity index (χ2n) is 23.4. The summed E-state index contributed by atoms with van der Waals surface area (Å²) in [5, 5.41) is 0. The molecular weight excluding hydrogens is 909 g/mol. The summed E-state index contributed by atoms with van der Waals surface area (Å²) in [7, 11) is 0. The highest BCUT2D eigenvalue weighted by molar-refractivity contribution is 5.95. The summed E-state index contributed by atoms with van der Waals surface area (Å²) in [6, 6.07) is 71.3. The van der Waals surface area contributed by atoms with Crippen molar-refractivity contribution in [2.45, 2.75) is 132 Å². The van der Waals surface area contributed by atoms with E-state index in [-0.39, 0.29) is 0 Å². The van der Waals surface area contributed by atoms with E-state index >= 15 is 0 Å². The Hall–Kier alpha value is -7.04. The molecular formula is C71H70N4. The van der Waals surface area contributed by atoms with Crippen molar-refractivity contribution in [2.75, 3.05) is 32.9 Å². The second kappa shape index (κ2) is 18.7. The zero-order chi connectivity index (χ0) is 49.5. The van der Waals surface area contributed by atoms with Crippen molar-refractivity contribution in [2.24, 2.45) is 0 Å². The van der Waals surface area contributed by atoms with Gasteiger partial charge in [-0.15, -0.1) is 0 Å². The normalized spacial score (nSPS) is 19.4. The molecule has 0 bridgehead atoms. The van der Waals surface area contributed by atoms with E-state index in [4.69, 9.17) is 0 Å². The number of fused-ring (bicyclic) bond motifs is 5. The van der Waals surface area contributed by atoms with Crippen LogP contribution in [-0.4, -0.2) is 13.3 Å². The van der Waals surface area contributed by atoms with Crippen molar-refractivity contribution < 1.29 is 0 Å². The van der Waals surface area contributed by atoms with E-state index in [0.29, 0.717) is 37.0 Å². The van der Waals surface area contributed by atoms with Crippen LogP contribution < -0.4 is 19.6 Å². The first kappa shape index (κ1) is 45.4. The highest BCUT2D eigenvalue weighted by atomic mass is 15.5. The molecule has 0 unspecified atom stereocenters. The molecule has 4 saturated carbocycles. The van der Waals surface area contributed by atoms with Gasteiger partial charge in [-0.2, -0.15) is 0 Å². The average molecular weight is 979 g/mol. The molecule has 0 amide bonds. The van der Waals surface area contributed by atoms with Gasteiger partial charge in [0.05, 0.1) is 36.1 Å². The minimum atomic E-state index is -0.687. The first-order valence-electron chi connectivity index (χ1n) is 29.2. The maximum Gasteiger partial charge on any atom is 0.170 e. The van der Waals surface area contributed by atoms with E-state index in [2.05, 4.69) is 202 Å². The first-order valence-corrected chi connectivity index (χ1v) is 29.2. The number of benzene rings is 8. The fraction of sp³-hybridized carbons (Fsp3) is 0.324. The summed E-state index contributed by atoms with van der Waals surface area (Å²) in [6.07, 6.45) is 21.2. The lowest BCUT2D eigenvalue weighted by atomic mass is 9.82. The van der Waals surface area contributed by atoms with Gasteiger partial charge in [0.1, 0.15) is 0 Å². The van der Waals surface area contributed by atoms with Crippen molar-refractivity contribution >= 4 is 34.1 Å². The average Bonchev–Trinajstić information content (AvgIpc) is 4.37. The molecule has 0 spiro atoms. The molecule has 0 atom stereocenters. The van der Waals surface area contributed by atoms with Gasteiger partial charge in [0.15, 0.2) is 5.66 Å². The van der Waals surface area contributed by atoms with Crippen molar-refractivity contribution in [1.29, 1.82) is 0 Å². The quantitative estimate of drug-likeness (QED) is 0.135. The van der Waals surface area contributed by atoms with Crippen molar-refractivity contribution in [1.82, 2.24) is 0 Å². The molecule has 374 valence electrons. The molecule has 8 aromatic carbocycles. The van der Waals surface area contributed by atoms with Crippen LogP contribution in [0.15, 0.2) is 182 Å². The predicted octanol–water partition coefficient (Wildman–Crippen LogP) is 19.1. The third kappa shape index (κ3) is 7.28. The summed E-state index contributed by atoms with van der Waals surface area (Å²) in [6.45, 7) is 1.39. The number of rotatable bonds is 10. The van der Waals surface area contributed by atoms with Gasteiger partial charge < -0.3 is 19.6 Å². The molecule has 0 aromatic heterocycles. The van der Waals surface area contributed by atoms with E-state index in [1.807, 2.05) is 0 Å². The predicted molar refractivity (Wildman–Crippen MR) is 313 cm³/mol. The highest BCUT2D eigenvalue weighted by Crippen LogP contribution is 2.61. The van der Waals surface area contributed by atoms with E-state index in [1.165, 1.54) is 181 Å². The largest absolute Gasteiger partial charge is 0.321 e. The number of anilines is 6. The topological polar surface area (TPSA) is 13.0 Å². The molecule has 5 aliphatic carbocycles. The van der Waals surface area contributed by atoms with Gasteiger partial charge in [-0.25, -0.2) is 0 Å². The van der Waals surface area contributed by atoms with Crippen LogP contribution in [0.4, 0.5) is 34.1 Å². The lowest BCUT2D eigenvalue weighted by molar-refractivity contribution is 0.472. The molecule has 0 radical (unpaired) electrons. The third-order valence-corrected chi connectivity index (χ3v) is 19.5. The van der Waals surface area contributed by atoms with E-state index in [0.717, 1.165) is 0 Å². The Labute approximate surface area is 445 Å². The number of hydrogen-bond donors (Lipinski definition) is 0. The van der Waals surface area contributed by atoms with Crippen LogP contribution in [-0.2, 0) is 5.66 Å². The molecule has 4 heteroatoms. The number of hydrogen-bond acceptors (Lipinski definition) is 4. The van der Waals surface area contributed by atoms with Gasteiger partial charge in [-0.3, -0.25) is 0 Å². The van der Waals surface area contributed by atoms with Crippen LogP contribution in [0.3, 0.4) is 0 Å². The molecule has 7 aliphatic rings. The van der Waals surface area contributed by atoms with Gasteiger partial charge in [0.25, 0.3) is 0 Å². The summed E-state index contributed by atoms with van der Waals surface area (Å²) < 4.78 is 0. The molecule has 15 rings (SSSR count). The molecule has 8 aromatic rings. The van der Waals surface area contributed by atoms with Crippen LogP contribution in [0, 0.1) is 0 Å². The lowest BCUT2D eigenvalue weighted by Gasteiger charge is -2.49. The minimum absolute atomic E-state index is 0.642. The van der Waals surface area contributed by atoms with Gasteiger partial charge in [-0.05, 0) is 179 Å². The SMILES string of the molecule is c1cc(-c2c(C3CCCC3)cccc2C2CCCC2)cc(N2CN(C3(N4CN(c5cccc(-c6c(C7CCCC7)cccc6C6CCCC6)c5)c5ccccc54)c4ccccc4-c4ccccc43)c3ccccc32)c1. The number of nitrogens with zero attached hydrogens (tertiary/aromatic N) is 4. The maximum absolute atomic E-state index is 2.78. The molecule has 0 saturated heterocycles. The molecule has 4 nitrogen and oxygen atoms in total. The standard InChI is InChI=1S/C71H70N4/c1-2-22-49(21-1)57-35-19-36-58(50-23-3-4-24-50)69(57)53-29-17-31-55(45-53)72-47-74(67-43-15-13-41-65(67)72)71(63-39-11-9-33-61(63)62-34-10-12-40-64(62)71)75-48-73(66-42-14-16-44-68(66)75)56-32-18-30-54(46-56)70-59(51-25-5-6-26-51)37-20-38-60(70)52-27-7-8-28-52/h9-20,29-46,49-52H,1-8,21-28,47-48H2. The minimum Gasteiger partial charge on any atom is -0.321 e. The smallest absolute Gasteiger partial charge is 0.170 e. The van der Waals surface area contributed by atoms with E-state index in [1.54, 1.807) is 22.3 Å². The maximum atomic E-state index is 2.78. The monoisotopic (exact) mass is 979 g/mol. The van der Waals surface area contributed by atoms with Crippen LogP contribution in [0.5, 0.6) is 0 Å². The first-order chi connectivity index (χ1) is 37.2. The van der Waals surface area contributed by atoms with Gasteiger partial charge in [-0.1, -0.05) is 185 Å².